The van der Waals surface area contributed by atoms with Crippen LogP contribution in [-0.2, 0) is 6.42 Å². The van der Waals surface area contributed by atoms with E-state index in [9.17, 15) is 4.79 Å². The minimum absolute atomic E-state index is 0.0824. The van der Waals surface area contributed by atoms with Crippen LogP contribution in [0.15, 0.2) is 34.3 Å². The van der Waals surface area contributed by atoms with E-state index in [4.69, 9.17) is 5.41 Å². The number of rotatable bonds is 6. The van der Waals surface area contributed by atoms with Crippen LogP contribution in [0.4, 0.5) is 5.69 Å². The maximum absolute atomic E-state index is 11.9. The Bertz CT molecular complexity index is 677. The highest BCUT2D eigenvalue weighted by atomic mass is 16.1. The molecule has 6 heteroatoms. The van der Waals surface area contributed by atoms with Gasteiger partial charge in [-0.3, -0.25) is 9.69 Å². The number of piperazine rings is 1. The van der Waals surface area contributed by atoms with Crippen molar-refractivity contribution in [2.45, 2.75) is 27.2 Å². The normalized spacial score (nSPS) is 15.7. The molecule has 1 aliphatic heterocycles. The molecule has 1 saturated heterocycles. The van der Waals surface area contributed by atoms with Crippen molar-refractivity contribution in [1.29, 1.82) is 5.41 Å². The Kier molecular flexibility index (Phi) is 6.49. The fourth-order valence-corrected chi connectivity index (χ4v) is 2.96. The van der Waals surface area contributed by atoms with E-state index in [0.717, 1.165) is 44.0 Å². The molecule has 1 fully saturated rings. The molecule has 2 rings (SSSR count). The second kappa shape index (κ2) is 8.59. The summed E-state index contributed by atoms with van der Waals surface area (Å²) in [7, 11) is 0. The van der Waals surface area contributed by atoms with Crippen molar-refractivity contribution in [3.05, 3.63) is 45.4 Å². The number of nitrogens with one attached hydrogen (secondary N) is 2. The minimum Gasteiger partial charge on any atom is -0.367 e. The summed E-state index contributed by atoms with van der Waals surface area (Å²) in [5, 5.41) is 13.6. The summed E-state index contributed by atoms with van der Waals surface area (Å²) in [5.74, 6) is 0. The Morgan fingerprint density at radius 3 is 2.62 bits per heavy atom. The van der Waals surface area contributed by atoms with Gasteiger partial charge in [0.2, 0.25) is 0 Å². The molecule has 2 N–H and O–H groups in total. The van der Waals surface area contributed by atoms with E-state index in [0.29, 0.717) is 6.42 Å². The molecule has 1 aromatic rings. The highest BCUT2D eigenvalue weighted by Crippen LogP contribution is 2.19. The number of allylic oxidation sites excluding steroid dienone is 2. The third-order valence-electron chi connectivity index (χ3n) is 4.43. The number of H-pyrrole nitrogens is 1. The third-order valence-corrected chi connectivity index (χ3v) is 4.43. The van der Waals surface area contributed by atoms with Gasteiger partial charge in [-0.05, 0) is 31.9 Å². The van der Waals surface area contributed by atoms with Gasteiger partial charge in [-0.1, -0.05) is 18.6 Å². The molecule has 2 heterocycles. The van der Waals surface area contributed by atoms with E-state index >= 15 is 0 Å². The quantitative estimate of drug-likeness (QED) is 0.618. The van der Waals surface area contributed by atoms with Crippen molar-refractivity contribution in [3.63, 3.8) is 0 Å². The fourth-order valence-electron chi connectivity index (χ4n) is 2.96. The van der Waals surface area contributed by atoms with E-state index in [1.165, 1.54) is 17.4 Å². The van der Waals surface area contributed by atoms with Gasteiger partial charge >= 0.3 is 0 Å². The molecule has 0 aliphatic carbocycles. The average Bonchev–Trinajstić information content (AvgIpc) is 2.58. The highest BCUT2D eigenvalue weighted by molar-refractivity contribution is 5.68. The Labute approximate surface area is 143 Å². The molecule has 0 atom stereocenters. The van der Waals surface area contributed by atoms with Crippen molar-refractivity contribution < 1.29 is 0 Å². The summed E-state index contributed by atoms with van der Waals surface area (Å²) < 4.78 is 0. The second-order valence-electron chi connectivity index (χ2n) is 6.23. The molecule has 24 heavy (non-hydrogen) atoms. The summed E-state index contributed by atoms with van der Waals surface area (Å²) in [5.41, 5.74) is 4.24. The van der Waals surface area contributed by atoms with Gasteiger partial charge in [-0.25, -0.2) is 5.10 Å². The van der Waals surface area contributed by atoms with E-state index in [1.807, 2.05) is 13.0 Å². The van der Waals surface area contributed by atoms with Crippen LogP contribution in [0, 0.1) is 5.41 Å². The maximum Gasteiger partial charge on any atom is 0.269 e. The number of hydrogen-bond acceptors (Lipinski definition) is 5. The lowest BCUT2D eigenvalue weighted by molar-refractivity contribution is 0.279. The Hall–Kier alpha value is -2.21. The number of nitrogens with zero attached hydrogens (tertiary/aromatic N) is 3. The summed E-state index contributed by atoms with van der Waals surface area (Å²) in [6.07, 6.45) is 7.58. The van der Waals surface area contributed by atoms with Gasteiger partial charge in [0, 0.05) is 44.5 Å². The van der Waals surface area contributed by atoms with Gasteiger partial charge in [-0.2, -0.15) is 5.10 Å². The first-order valence-electron chi connectivity index (χ1n) is 8.44. The summed E-state index contributed by atoms with van der Waals surface area (Å²) in [6, 6.07) is 0. The first-order chi connectivity index (χ1) is 11.6. The minimum atomic E-state index is -0.0824. The summed E-state index contributed by atoms with van der Waals surface area (Å²) in [4.78, 5) is 16.6. The molecule has 130 valence electrons. The molecule has 0 bridgehead atoms. The van der Waals surface area contributed by atoms with E-state index in [2.05, 4.69) is 33.8 Å². The van der Waals surface area contributed by atoms with Gasteiger partial charge in [0.15, 0.2) is 0 Å². The molecule has 0 radical (unpaired) electrons. The zero-order valence-corrected chi connectivity index (χ0v) is 14.8. The third kappa shape index (κ3) is 4.41. The Morgan fingerprint density at radius 2 is 2.04 bits per heavy atom. The molecule has 1 aliphatic rings. The Balaban J connectivity index is 2.03. The zero-order chi connectivity index (χ0) is 17.5. The van der Waals surface area contributed by atoms with Crippen LogP contribution in [0.3, 0.4) is 0 Å². The molecule has 0 saturated carbocycles. The molecule has 0 aromatic carbocycles. The van der Waals surface area contributed by atoms with Gasteiger partial charge in [0.25, 0.3) is 5.56 Å². The molecule has 1 aromatic heterocycles. The van der Waals surface area contributed by atoms with Crippen LogP contribution in [-0.4, -0.2) is 54.0 Å². The first-order valence-corrected chi connectivity index (χ1v) is 8.44. The predicted octanol–water partition coefficient (Wildman–Crippen LogP) is 2.00. The molecule has 0 amide bonds. The summed E-state index contributed by atoms with van der Waals surface area (Å²) in [6.45, 7) is 10.8. The van der Waals surface area contributed by atoms with Crippen LogP contribution < -0.4 is 10.5 Å². The molecule has 6 nitrogen and oxygen atoms in total. The topological polar surface area (TPSA) is 76.1 Å². The van der Waals surface area contributed by atoms with Crippen molar-refractivity contribution in [2.75, 3.05) is 37.6 Å². The largest absolute Gasteiger partial charge is 0.367 e. The number of aromatic amines is 1. The van der Waals surface area contributed by atoms with Crippen molar-refractivity contribution in [2.24, 2.45) is 0 Å². The van der Waals surface area contributed by atoms with Crippen LogP contribution in [0.1, 0.15) is 26.3 Å². The molecular formula is C18H27N5O. The zero-order valence-electron chi connectivity index (χ0n) is 14.8. The molecular weight excluding hydrogens is 302 g/mol. The van der Waals surface area contributed by atoms with Crippen LogP contribution >= 0.6 is 0 Å². The lowest BCUT2D eigenvalue weighted by Crippen LogP contribution is -2.47. The van der Waals surface area contributed by atoms with Gasteiger partial charge in [-0.15, -0.1) is 0 Å². The SMILES string of the molecule is CCc1c(N2CCN(CC(/C=C\C=N)=C(C)C)CC2)cn[nH]c1=O. The van der Waals surface area contributed by atoms with Crippen LogP contribution in [0.5, 0.6) is 0 Å². The average molecular weight is 329 g/mol. The van der Waals surface area contributed by atoms with Crippen molar-refractivity contribution in [3.8, 4) is 0 Å². The lowest BCUT2D eigenvalue weighted by atomic mass is 10.1. The smallest absolute Gasteiger partial charge is 0.269 e. The highest BCUT2D eigenvalue weighted by Gasteiger charge is 2.20. The number of anilines is 1. The number of hydrogen-bond donors (Lipinski definition) is 2. The molecule has 0 spiro atoms. The van der Waals surface area contributed by atoms with Gasteiger partial charge in [0.05, 0.1) is 11.9 Å². The van der Waals surface area contributed by atoms with Crippen molar-refractivity contribution in [1.82, 2.24) is 15.1 Å². The van der Waals surface area contributed by atoms with Gasteiger partial charge < -0.3 is 10.3 Å². The first kappa shape index (κ1) is 18.1. The Morgan fingerprint density at radius 1 is 1.33 bits per heavy atom. The van der Waals surface area contributed by atoms with Gasteiger partial charge in [0.1, 0.15) is 0 Å². The lowest BCUT2D eigenvalue weighted by Gasteiger charge is -2.36. The number of aromatic nitrogens is 2. The standard InChI is InChI=1S/C18H27N5O/c1-4-16-17(12-20-21-18(16)24)23-10-8-22(9-11-23)13-15(14(2)3)6-5-7-19/h5-7,12,19H,4,8-11,13H2,1-3H3,(H,21,24)/b6-5-,19-7?. The maximum atomic E-state index is 11.9. The van der Waals surface area contributed by atoms with E-state index in [1.54, 1.807) is 12.3 Å². The molecule has 0 unspecified atom stereocenters. The fraction of sp³-hybridized carbons (Fsp3) is 0.500. The van der Waals surface area contributed by atoms with Crippen LogP contribution in [0.25, 0.3) is 0 Å². The second-order valence-corrected chi connectivity index (χ2v) is 6.23. The van der Waals surface area contributed by atoms with E-state index in [-0.39, 0.29) is 5.56 Å². The monoisotopic (exact) mass is 329 g/mol. The van der Waals surface area contributed by atoms with E-state index < -0.39 is 0 Å². The van der Waals surface area contributed by atoms with Crippen molar-refractivity contribution >= 4 is 11.9 Å². The van der Waals surface area contributed by atoms with Crippen LogP contribution in [0.2, 0.25) is 0 Å². The summed E-state index contributed by atoms with van der Waals surface area (Å²) >= 11 is 0. The predicted molar refractivity (Wildman–Crippen MR) is 99.2 cm³/mol.